The predicted molar refractivity (Wildman–Crippen MR) is 107 cm³/mol. The van der Waals surface area contributed by atoms with Crippen molar-refractivity contribution in [2.75, 3.05) is 27.1 Å². The molecule has 0 aliphatic carbocycles. The van der Waals surface area contributed by atoms with Crippen molar-refractivity contribution in [2.45, 2.75) is 0 Å². The molecule has 6 heteroatoms. The summed E-state index contributed by atoms with van der Waals surface area (Å²) in [6, 6.07) is 9.05. The number of hydrogen-bond donors (Lipinski definition) is 1. The molecule has 0 atom stereocenters. The molecule has 0 radical (unpaired) electrons. The molecular formula is C21H22N2O4. The fourth-order valence-electron chi connectivity index (χ4n) is 3.05. The number of anilines is 1. The summed E-state index contributed by atoms with van der Waals surface area (Å²) < 4.78 is 17.7. The highest BCUT2D eigenvalue weighted by molar-refractivity contribution is 6.08. The summed E-state index contributed by atoms with van der Waals surface area (Å²) >= 11 is 0. The zero-order valence-corrected chi connectivity index (χ0v) is 15.8. The molecule has 1 aromatic heterocycles. The summed E-state index contributed by atoms with van der Waals surface area (Å²) in [5, 5.41) is 1.04. The van der Waals surface area contributed by atoms with Gasteiger partial charge in [-0.3, -0.25) is 4.79 Å². The number of carbonyl (C=O) groups is 1. The second kappa shape index (κ2) is 7.45. The number of carbonyl (C=O) groups excluding carboxylic acids is 1. The lowest BCUT2D eigenvalue weighted by molar-refractivity contribution is 0.104. The number of methoxy groups -OCH3 is 3. The van der Waals surface area contributed by atoms with Gasteiger partial charge in [0.1, 0.15) is 5.75 Å². The zero-order valence-electron chi connectivity index (χ0n) is 15.8. The minimum atomic E-state index is -0.173. The third kappa shape index (κ3) is 3.46. The van der Waals surface area contributed by atoms with Gasteiger partial charge in [0, 0.05) is 35.8 Å². The van der Waals surface area contributed by atoms with Crippen molar-refractivity contribution < 1.29 is 19.0 Å². The van der Waals surface area contributed by atoms with Gasteiger partial charge in [-0.15, -0.1) is 0 Å². The fourth-order valence-corrected chi connectivity index (χ4v) is 3.05. The molecule has 0 bridgehead atoms. The zero-order chi connectivity index (χ0) is 19.6. The van der Waals surface area contributed by atoms with E-state index in [4.69, 9.17) is 19.9 Å². The Morgan fingerprint density at radius 1 is 1.07 bits per heavy atom. The molecule has 2 aromatic carbocycles. The van der Waals surface area contributed by atoms with E-state index < -0.39 is 0 Å². The first kappa shape index (κ1) is 18.4. The molecule has 0 aliphatic heterocycles. The third-order valence-electron chi connectivity index (χ3n) is 4.44. The van der Waals surface area contributed by atoms with Gasteiger partial charge in [-0.25, -0.2) is 0 Å². The van der Waals surface area contributed by atoms with Crippen molar-refractivity contribution in [1.82, 2.24) is 4.57 Å². The van der Waals surface area contributed by atoms with Gasteiger partial charge in [-0.1, -0.05) is 0 Å². The number of nitrogens with zero attached hydrogens (tertiary/aromatic N) is 1. The number of ether oxygens (including phenoxy) is 3. The number of aromatic nitrogens is 1. The van der Waals surface area contributed by atoms with Crippen LogP contribution in [0.25, 0.3) is 17.0 Å². The van der Waals surface area contributed by atoms with Crippen LogP contribution < -0.4 is 19.9 Å². The Kier molecular flexibility index (Phi) is 5.07. The van der Waals surface area contributed by atoms with Crippen molar-refractivity contribution in [3.05, 3.63) is 53.7 Å². The summed E-state index contributed by atoms with van der Waals surface area (Å²) in [4.78, 5) is 12.6. The molecule has 6 nitrogen and oxygen atoms in total. The number of hydrogen-bond acceptors (Lipinski definition) is 5. The van der Waals surface area contributed by atoms with Gasteiger partial charge < -0.3 is 24.5 Å². The molecule has 0 saturated heterocycles. The number of benzene rings is 2. The van der Waals surface area contributed by atoms with Crippen LogP contribution >= 0.6 is 0 Å². The summed E-state index contributed by atoms with van der Waals surface area (Å²) in [5.41, 5.74) is 8.71. The van der Waals surface area contributed by atoms with Gasteiger partial charge in [0.15, 0.2) is 17.3 Å². The molecule has 0 fully saturated rings. The van der Waals surface area contributed by atoms with Crippen LogP contribution in [0.3, 0.4) is 0 Å². The Balaban J connectivity index is 1.94. The molecule has 2 N–H and O–H groups in total. The second-order valence-corrected chi connectivity index (χ2v) is 6.08. The second-order valence-electron chi connectivity index (χ2n) is 6.08. The van der Waals surface area contributed by atoms with Crippen molar-refractivity contribution in [2.24, 2.45) is 7.05 Å². The van der Waals surface area contributed by atoms with Crippen LogP contribution in [0.5, 0.6) is 17.2 Å². The number of nitrogens with two attached hydrogens (primary N) is 1. The van der Waals surface area contributed by atoms with Crippen LogP contribution in [-0.2, 0) is 7.05 Å². The first-order chi connectivity index (χ1) is 13.0. The average Bonchev–Trinajstić information content (AvgIpc) is 3.00. The number of nitrogen functional groups attached to an aromatic ring is 1. The SMILES string of the molecule is COc1ccc2c(/C=C/C(=O)c3cc(N)c(OC)c(OC)c3)cn(C)c2c1. The minimum Gasteiger partial charge on any atom is -0.497 e. The normalized spacial score (nSPS) is 11.1. The van der Waals surface area contributed by atoms with Gasteiger partial charge in [-0.2, -0.15) is 0 Å². The Bertz CT molecular complexity index is 1030. The van der Waals surface area contributed by atoms with E-state index >= 15 is 0 Å². The van der Waals surface area contributed by atoms with E-state index in [-0.39, 0.29) is 5.78 Å². The van der Waals surface area contributed by atoms with E-state index in [2.05, 4.69) is 0 Å². The number of rotatable bonds is 6. The molecule has 1 heterocycles. The predicted octanol–water partition coefficient (Wildman–Crippen LogP) is 3.68. The van der Waals surface area contributed by atoms with Crippen LogP contribution in [0.1, 0.15) is 15.9 Å². The Morgan fingerprint density at radius 2 is 1.85 bits per heavy atom. The summed E-state index contributed by atoms with van der Waals surface area (Å²) in [7, 11) is 6.60. The first-order valence-electron chi connectivity index (χ1n) is 8.35. The van der Waals surface area contributed by atoms with Crippen LogP contribution in [0, 0.1) is 0 Å². The summed E-state index contributed by atoms with van der Waals surface area (Å²) in [5.74, 6) is 1.46. The van der Waals surface area contributed by atoms with E-state index in [1.54, 1.807) is 25.3 Å². The Labute approximate surface area is 157 Å². The highest BCUT2D eigenvalue weighted by Gasteiger charge is 2.13. The van der Waals surface area contributed by atoms with E-state index in [9.17, 15) is 4.79 Å². The van der Waals surface area contributed by atoms with E-state index in [1.165, 1.54) is 20.3 Å². The lowest BCUT2D eigenvalue weighted by Crippen LogP contribution is -2.01. The quantitative estimate of drug-likeness (QED) is 0.409. The number of aryl methyl sites for hydroxylation is 1. The lowest BCUT2D eigenvalue weighted by atomic mass is 10.1. The molecule has 0 spiro atoms. The van der Waals surface area contributed by atoms with E-state index in [0.29, 0.717) is 22.7 Å². The topological polar surface area (TPSA) is 75.7 Å². The highest BCUT2D eigenvalue weighted by Crippen LogP contribution is 2.34. The Morgan fingerprint density at radius 3 is 2.52 bits per heavy atom. The Hall–Kier alpha value is -3.41. The van der Waals surface area contributed by atoms with Gasteiger partial charge in [0.25, 0.3) is 0 Å². The number of ketones is 1. The van der Waals surface area contributed by atoms with Crippen LogP contribution in [0.15, 0.2) is 42.6 Å². The molecule has 140 valence electrons. The maximum Gasteiger partial charge on any atom is 0.186 e. The van der Waals surface area contributed by atoms with Crippen LogP contribution in [0.4, 0.5) is 5.69 Å². The molecule has 3 rings (SSSR count). The molecule has 0 aliphatic rings. The molecule has 27 heavy (non-hydrogen) atoms. The third-order valence-corrected chi connectivity index (χ3v) is 4.44. The maximum atomic E-state index is 12.6. The van der Waals surface area contributed by atoms with Gasteiger partial charge in [0.05, 0.1) is 32.5 Å². The maximum absolute atomic E-state index is 12.6. The number of fused-ring (bicyclic) bond motifs is 1. The van der Waals surface area contributed by atoms with Gasteiger partial charge in [0.2, 0.25) is 0 Å². The van der Waals surface area contributed by atoms with Crippen LogP contribution in [0.2, 0.25) is 0 Å². The van der Waals surface area contributed by atoms with E-state index in [0.717, 1.165) is 22.2 Å². The van der Waals surface area contributed by atoms with Gasteiger partial charge in [-0.05, 0) is 36.4 Å². The van der Waals surface area contributed by atoms with Crippen LogP contribution in [-0.4, -0.2) is 31.7 Å². The lowest BCUT2D eigenvalue weighted by Gasteiger charge is -2.11. The van der Waals surface area contributed by atoms with Crippen molar-refractivity contribution in [1.29, 1.82) is 0 Å². The average molecular weight is 366 g/mol. The van der Waals surface area contributed by atoms with E-state index in [1.807, 2.05) is 36.0 Å². The van der Waals surface area contributed by atoms with Crippen molar-refractivity contribution >= 4 is 28.4 Å². The van der Waals surface area contributed by atoms with Gasteiger partial charge >= 0.3 is 0 Å². The minimum absolute atomic E-state index is 0.173. The fraction of sp³-hybridized carbons (Fsp3) is 0.190. The van der Waals surface area contributed by atoms with Crippen molar-refractivity contribution in [3.63, 3.8) is 0 Å². The smallest absolute Gasteiger partial charge is 0.186 e. The van der Waals surface area contributed by atoms with Crippen molar-refractivity contribution in [3.8, 4) is 17.2 Å². The molecule has 0 amide bonds. The highest BCUT2D eigenvalue weighted by atomic mass is 16.5. The molecule has 3 aromatic rings. The number of allylic oxidation sites excluding steroid dienone is 1. The summed E-state index contributed by atoms with van der Waals surface area (Å²) in [6.07, 6.45) is 5.29. The summed E-state index contributed by atoms with van der Waals surface area (Å²) in [6.45, 7) is 0. The largest absolute Gasteiger partial charge is 0.497 e. The monoisotopic (exact) mass is 366 g/mol. The standard InChI is InChI=1S/C21H22N2O4/c1-23-12-13(16-7-6-15(25-2)11-18(16)23)5-8-19(24)14-9-17(22)21(27-4)20(10-14)26-3/h5-12H,22H2,1-4H3/b8-5+. The first-order valence-corrected chi connectivity index (χ1v) is 8.35. The molecule has 0 saturated carbocycles. The molecular weight excluding hydrogens is 344 g/mol. The molecule has 0 unspecified atom stereocenters.